The lowest BCUT2D eigenvalue weighted by molar-refractivity contribution is -0.123. The number of sulfonamides is 1. The van der Waals surface area contributed by atoms with Gasteiger partial charge in [0.15, 0.2) is 6.10 Å². The Morgan fingerprint density at radius 3 is 2.21 bits per heavy atom. The molecular weight excluding hydrogens is 388 g/mol. The molecule has 0 fully saturated rings. The second kappa shape index (κ2) is 8.72. The van der Waals surface area contributed by atoms with E-state index in [9.17, 15) is 18.0 Å². The molecule has 0 aliphatic carbocycles. The fraction of sp³-hybridized carbons (Fsp3) is 0.222. The first-order chi connectivity index (χ1) is 13.2. The fourth-order valence-corrected chi connectivity index (χ4v) is 2.73. The largest absolute Gasteiger partial charge is 0.497 e. The second-order valence-electron chi connectivity index (χ2n) is 5.67. The van der Waals surface area contributed by atoms with Crippen LogP contribution in [0.3, 0.4) is 0 Å². The van der Waals surface area contributed by atoms with Crippen molar-refractivity contribution in [1.29, 1.82) is 0 Å². The van der Waals surface area contributed by atoms with Gasteiger partial charge in [0.1, 0.15) is 17.1 Å². The van der Waals surface area contributed by atoms with Crippen LogP contribution < -0.4 is 19.9 Å². The van der Waals surface area contributed by atoms with E-state index in [1.807, 2.05) is 0 Å². The second-order valence-corrected chi connectivity index (χ2v) is 7.23. The van der Waals surface area contributed by atoms with E-state index in [0.29, 0.717) is 11.4 Å². The summed E-state index contributed by atoms with van der Waals surface area (Å²) in [7, 11) is -0.949. The molecule has 0 unspecified atom stereocenters. The number of amides is 1. The molecule has 10 heteroatoms. The number of hydrogen-bond acceptors (Lipinski definition) is 7. The molecule has 0 saturated carbocycles. The van der Waals surface area contributed by atoms with E-state index in [0.717, 1.165) is 0 Å². The number of carbonyl (C=O) groups excluding carboxylic acids is 2. The molecule has 150 valence electrons. The molecule has 0 aliphatic heterocycles. The Bertz CT molecular complexity index is 972. The molecule has 2 aromatic rings. The van der Waals surface area contributed by atoms with Crippen molar-refractivity contribution in [2.75, 3.05) is 19.5 Å². The van der Waals surface area contributed by atoms with E-state index >= 15 is 0 Å². The number of carbonyl (C=O) groups is 2. The quantitative estimate of drug-likeness (QED) is 0.664. The van der Waals surface area contributed by atoms with Crippen LogP contribution in [0.2, 0.25) is 0 Å². The molecule has 0 saturated heterocycles. The van der Waals surface area contributed by atoms with Crippen LogP contribution in [0, 0.1) is 0 Å². The van der Waals surface area contributed by atoms with Crippen molar-refractivity contribution in [3.05, 3.63) is 48.0 Å². The number of primary sulfonamides is 1. The number of nitrogens with one attached hydrogen (secondary N) is 1. The van der Waals surface area contributed by atoms with E-state index in [-0.39, 0.29) is 16.2 Å². The number of benzene rings is 2. The summed E-state index contributed by atoms with van der Waals surface area (Å²) in [6.45, 7) is 1.40. The van der Waals surface area contributed by atoms with Gasteiger partial charge in [-0.15, -0.1) is 0 Å². The molecule has 1 amide bonds. The zero-order valence-electron chi connectivity index (χ0n) is 15.5. The molecular formula is C18H20N2O7S. The highest BCUT2D eigenvalue weighted by molar-refractivity contribution is 7.89. The van der Waals surface area contributed by atoms with Crippen molar-refractivity contribution < 1.29 is 32.2 Å². The Hall–Kier alpha value is -3.11. The molecule has 2 rings (SSSR count). The highest BCUT2D eigenvalue weighted by Gasteiger charge is 2.22. The van der Waals surface area contributed by atoms with Crippen molar-refractivity contribution >= 4 is 27.6 Å². The highest BCUT2D eigenvalue weighted by atomic mass is 32.2. The average Bonchev–Trinajstić information content (AvgIpc) is 2.66. The van der Waals surface area contributed by atoms with Gasteiger partial charge in [-0.05, 0) is 43.3 Å². The molecule has 28 heavy (non-hydrogen) atoms. The van der Waals surface area contributed by atoms with Gasteiger partial charge in [-0.25, -0.2) is 18.4 Å². The van der Waals surface area contributed by atoms with Gasteiger partial charge in [0.25, 0.3) is 5.91 Å². The van der Waals surface area contributed by atoms with Crippen molar-refractivity contribution in [1.82, 2.24) is 0 Å². The predicted octanol–water partition coefficient (Wildman–Crippen LogP) is 1.54. The number of esters is 1. The van der Waals surface area contributed by atoms with Crippen molar-refractivity contribution in [2.45, 2.75) is 17.9 Å². The van der Waals surface area contributed by atoms with Gasteiger partial charge in [-0.3, -0.25) is 4.79 Å². The summed E-state index contributed by atoms with van der Waals surface area (Å²) in [6.07, 6.45) is -1.11. The van der Waals surface area contributed by atoms with Gasteiger partial charge in [0.05, 0.1) is 19.1 Å². The number of methoxy groups -OCH3 is 2. The standard InChI is InChI=1S/C18H20N2O7S/c1-11(17(21)20-12-4-7-14(8-5-12)28(19,23)24)27-18(22)15-9-6-13(25-2)10-16(15)26-3/h4-11H,1-3H3,(H,20,21)(H2,19,23,24)/t11-/m0/s1. The molecule has 0 bridgehead atoms. The van der Waals surface area contributed by atoms with Crippen LogP contribution in [0.1, 0.15) is 17.3 Å². The third kappa shape index (κ3) is 5.21. The Balaban J connectivity index is 2.05. The Morgan fingerprint density at radius 1 is 1.04 bits per heavy atom. The normalized spacial score (nSPS) is 12.0. The van der Waals surface area contributed by atoms with E-state index in [1.54, 1.807) is 6.07 Å². The smallest absolute Gasteiger partial charge is 0.342 e. The van der Waals surface area contributed by atoms with Crippen molar-refractivity contribution in [3.63, 3.8) is 0 Å². The zero-order valence-corrected chi connectivity index (χ0v) is 16.3. The predicted molar refractivity (Wildman–Crippen MR) is 101 cm³/mol. The lowest BCUT2D eigenvalue weighted by Crippen LogP contribution is -2.30. The van der Waals surface area contributed by atoms with Crippen LogP contribution in [0.5, 0.6) is 11.5 Å². The first-order valence-electron chi connectivity index (χ1n) is 8.02. The van der Waals surface area contributed by atoms with Crippen LogP contribution in [0.25, 0.3) is 0 Å². The number of hydrogen-bond donors (Lipinski definition) is 2. The summed E-state index contributed by atoms with van der Waals surface area (Å²) < 4.78 is 37.9. The molecule has 3 N–H and O–H groups in total. The molecule has 1 atom stereocenters. The average molecular weight is 408 g/mol. The molecule has 0 radical (unpaired) electrons. The first kappa shape index (κ1) is 21.2. The van der Waals surface area contributed by atoms with Gasteiger partial charge in [-0.2, -0.15) is 0 Å². The van der Waals surface area contributed by atoms with E-state index < -0.39 is 28.0 Å². The maximum atomic E-state index is 12.3. The summed E-state index contributed by atoms with van der Waals surface area (Å²) in [5.74, 6) is -0.589. The van der Waals surface area contributed by atoms with Gasteiger partial charge in [0, 0.05) is 11.8 Å². The molecule has 9 nitrogen and oxygen atoms in total. The van der Waals surface area contributed by atoms with Gasteiger partial charge < -0.3 is 19.5 Å². The summed E-state index contributed by atoms with van der Waals surface area (Å²) in [5.41, 5.74) is 0.461. The van der Waals surface area contributed by atoms with Crippen LogP contribution in [0.15, 0.2) is 47.4 Å². The number of nitrogens with two attached hydrogens (primary N) is 1. The van der Waals surface area contributed by atoms with Crippen LogP contribution in [-0.4, -0.2) is 40.6 Å². The van der Waals surface area contributed by atoms with Gasteiger partial charge in [-0.1, -0.05) is 0 Å². The lowest BCUT2D eigenvalue weighted by atomic mass is 10.2. The summed E-state index contributed by atoms with van der Waals surface area (Å²) in [6, 6.07) is 9.81. The Labute approximate surface area is 162 Å². The molecule has 0 aromatic heterocycles. The zero-order chi connectivity index (χ0) is 20.9. The monoisotopic (exact) mass is 408 g/mol. The van der Waals surface area contributed by atoms with E-state index in [1.165, 1.54) is 57.5 Å². The maximum absolute atomic E-state index is 12.3. The van der Waals surface area contributed by atoms with Crippen LogP contribution in [-0.2, 0) is 19.6 Å². The van der Waals surface area contributed by atoms with Crippen LogP contribution in [0.4, 0.5) is 5.69 Å². The maximum Gasteiger partial charge on any atom is 0.342 e. The number of ether oxygens (including phenoxy) is 3. The summed E-state index contributed by atoms with van der Waals surface area (Å²) in [4.78, 5) is 24.5. The minimum absolute atomic E-state index is 0.0865. The van der Waals surface area contributed by atoms with E-state index in [4.69, 9.17) is 19.3 Å². The highest BCUT2D eigenvalue weighted by Crippen LogP contribution is 2.25. The number of anilines is 1. The SMILES string of the molecule is COc1ccc(C(=O)O[C@@H](C)C(=O)Nc2ccc(S(N)(=O)=O)cc2)c(OC)c1. The van der Waals surface area contributed by atoms with E-state index in [2.05, 4.69) is 5.32 Å². The molecule has 0 heterocycles. The number of rotatable bonds is 7. The molecule has 0 spiro atoms. The Kier molecular flexibility index (Phi) is 6.60. The van der Waals surface area contributed by atoms with Crippen LogP contribution >= 0.6 is 0 Å². The first-order valence-corrected chi connectivity index (χ1v) is 9.57. The lowest BCUT2D eigenvalue weighted by Gasteiger charge is -2.15. The minimum Gasteiger partial charge on any atom is -0.497 e. The van der Waals surface area contributed by atoms with Crippen molar-refractivity contribution in [2.24, 2.45) is 5.14 Å². The topological polar surface area (TPSA) is 134 Å². The third-order valence-electron chi connectivity index (χ3n) is 3.73. The third-order valence-corrected chi connectivity index (χ3v) is 4.66. The molecule has 0 aliphatic rings. The van der Waals surface area contributed by atoms with Gasteiger partial charge >= 0.3 is 5.97 Å². The summed E-state index contributed by atoms with van der Waals surface area (Å²) >= 11 is 0. The molecule has 2 aromatic carbocycles. The summed E-state index contributed by atoms with van der Waals surface area (Å²) in [5, 5.41) is 7.54. The van der Waals surface area contributed by atoms with Gasteiger partial charge in [0.2, 0.25) is 10.0 Å². The fourth-order valence-electron chi connectivity index (χ4n) is 2.22. The Morgan fingerprint density at radius 2 is 1.68 bits per heavy atom. The minimum atomic E-state index is -3.83. The van der Waals surface area contributed by atoms with Crippen molar-refractivity contribution in [3.8, 4) is 11.5 Å².